The Balaban J connectivity index is 1.44. The number of likely N-dealkylation sites (tertiary alicyclic amines) is 1. The molecule has 1 fully saturated rings. The summed E-state index contributed by atoms with van der Waals surface area (Å²) in [5, 5.41) is 13.1. The third-order valence-electron chi connectivity index (χ3n) is 5.88. The standard InChI is InChI=1S/C26H27ClN2O3/c1-32-21-11-9-19(10-12-21)22-6-2-3-7-24(22)28-26(31)20-5-4-14-29(17-20)16-18-8-13-25(30)23(27)15-18/h2-3,6-13,15,20,30H,4-5,14,16-17H2,1H3,(H,28,31)/t20-/m0/s1. The number of para-hydroxylation sites is 1. The summed E-state index contributed by atoms with van der Waals surface area (Å²) in [5.41, 5.74) is 3.84. The van der Waals surface area contributed by atoms with Crippen LogP contribution in [0.3, 0.4) is 0 Å². The first-order valence-electron chi connectivity index (χ1n) is 10.8. The highest BCUT2D eigenvalue weighted by molar-refractivity contribution is 6.32. The van der Waals surface area contributed by atoms with Crippen LogP contribution in [0.2, 0.25) is 5.02 Å². The Morgan fingerprint density at radius 1 is 1.16 bits per heavy atom. The molecular weight excluding hydrogens is 424 g/mol. The van der Waals surface area contributed by atoms with Gasteiger partial charge in [0.25, 0.3) is 0 Å². The van der Waals surface area contributed by atoms with Crippen molar-refractivity contribution in [2.45, 2.75) is 19.4 Å². The molecule has 0 saturated carbocycles. The van der Waals surface area contributed by atoms with E-state index in [1.807, 2.05) is 54.6 Å². The number of hydrogen-bond donors (Lipinski definition) is 2. The number of halogens is 1. The maximum absolute atomic E-state index is 13.1. The zero-order valence-electron chi connectivity index (χ0n) is 18.1. The summed E-state index contributed by atoms with van der Waals surface area (Å²) in [7, 11) is 1.65. The van der Waals surface area contributed by atoms with Crippen LogP contribution >= 0.6 is 11.6 Å². The van der Waals surface area contributed by atoms with Crippen LogP contribution < -0.4 is 10.1 Å². The molecule has 1 atom stereocenters. The molecule has 0 aromatic heterocycles. The summed E-state index contributed by atoms with van der Waals surface area (Å²) in [6.45, 7) is 2.33. The van der Waals surface area contributed by atoms with Gasteiger partial charge in [-0.2, -0.15) is 0 Å². The van der Waals surface area contributed by atoms with Gasteiger partial charge in [-0.25, -0.2) is 0 Å². The Morgan fingerprint density at radius 3 is 2.69 bits per heavy atom. The van der Waals surface area contributed by atoms with Crippen molar-refractivity contribution >= 4 is 23.2 Å². The van der Waals surface area contributed by atoms with Gasteiger partial charge in [0.1, 0.15) is 11.5 Å². The lowest BCUT2D eigenvalue weighted by atomic mass is 9.96. The molecule has 0 aliphatic carbocycles. The van der Waals surface area contributed by atoms with E-state index in [9.17, 15) is 9.90 Å². The van der Waals surface area contributed by atoms with E-state index in [0.29, 0.717) is 18.1 Å². The second-order valence-electron chi connectivity index (χ2n) is 8.12. The quantitative estimate of drug-likeness (QED) is 0.515. The van der Waals surface area contributed by atoms with Gasteiger partial charge in [-0.05, 0) is 60.8 Å². The SMILES string of the molecule is COc1ccc(-c2ccccc2NC(=O)[C@H]2CCCN(Cc3ccc(O)c(Cl)c3)C2)cc1. The second kappa shape index (κ2) is 10.1. The highest BCUT2D eigenvalue weighted by Gasteiger charge is 2.26. The van der Waals surface area contributed by atoms with Crippen molar-refractivity contribution in [3.63, 3.8) is 0 Å². The number of piperidine rings is 1. The summed E-state index contributed by atoms with van der Waals surface area (Å²) in [6, 6.07) is 21.0. The molecule has 1 amide bonds. The van der Waals surface area contributed by atoms with Gasteiger partial charge in [0.15, 0.2) is 0 Å². The third-order valence-corrected chi connectivity index (χ3v) is 6.18. The molecule has 166 valence electrons. The second-order valence-corrected chi connectivity index (χ2v) is 8.53. The molecule has 2 N–H and O–H groups in total. The van der Waals surface area contributed by atoms with Gasteiger partial charge in [-0.1, -0.05) is 48.0 Å². The fourth-order valence-corrected chi connectivity index (χ4v) is 4.37. The van der Waals surface area contributed by atoms with Crippen LogP contribution in [-0.4, -0.2) is 36.1 Å². The normalized spacial score (nSPS) is 16.5. The largest absolute Gasteiger partial charge is 0.506 e. The number of methoxy groups -OCH3 is 1. The molecule has 1 saturated heterocycles. The lowest BCUT2D eigenvalue weighted by Crippen LogP contribution is -2.40. The van der Waals surface area contributed by atoms with E-state index in [1.54, 1.807) is 19.2 Å². The number of nitrogens with zero attached hydrogens (tertiary/aromatic N) is 1. The molecule has 0 unspecified atom stereocenters. The highest BCUT2D eigenvalue weighted by atomic mass is 35.5. The van der Waals surface area contributed by atoms with Crippen LogP contribution in [0.15, 0.2) is 66.7 Å². The van der Waals surface area contributed by atoms with Crippen LogP contribution in [0.4, 0.5) is 5.69 Å². The highest BCUT2D eigenvalue weighted by Crippen LogP contribution is 2.31. The minimum absolute atomic E-state index is 0.0411. The summed E-state index contributed by atoms with van der Waals surface area (Å²) in [5.74, 6) is 0.842. The van der Waals surface area contributed by atoms with Gasteiger partial charge in [0, 0.05) is 24.3 Å². The molecule has 0 bridgehead atoms. The summed E-state index contributed by atoms with van der Waals surface area (Å²) < 4.78 is 5.25. The number of anilines is 1. The number of amides is 1. The van der Waals surface area contributed by atoms with Gasteiger partial charge in [0.2, 0.25) is 5.91 Å². The van der Waals surface area contributed by atoms with E-state index in [2.05, 4.69) is 10.2 Å². The van der Waals surface area contributed by atoms with E-state index in [4.69, 9.17) is 16.3 Å². The molecule has 6 heteroatoms. The first kappa shape index (κ1) is 22.2. The molecule has 3 aromatic rings. The van der Waals surface area contributed by atoms with Crippen molar-refractivity contribution in [2.24, 2.45) is 5.92 Å². The minimum atomic E-state index is -0.0831. The van der Waals surface area contributed by atoms with Crippen molar-refractivity contribution in [2.75, 3.05) is 25.5 Å². The first-order valence-corrected chi connectivity index (χ1v) is 11.2. The van der Waals surface area contributed by atoms with Crippen LogP contribution in [0, 0.1) is 5.92 Å². The lowest BCUT2D eigenvalue weighted by molar-refractivity contribution is -0.121. The molecule has 0 spiro atoms. The van der Waals surface area contributed by atoms with Crippen LogP contribution in [0.5, 0.6) is 11.5 Å². The predicted molar refractivity (Wildman–Crippen MR) is 128 cm³/mol. The summed E-state index contributed by atoms with van der Waals surface area (Å²) >= 11 is 6.04. The number of phenols is 1. The number of ether oxygens (including phenoxy) is 1. The zero-order valence-corrected chi connectivity index (χ0v) is 18.8. The predicted octanol–water partition coefficient (Wildman–Crippen LogP) is 5.57. The lowest BCUT2D eigenvalue weighted by Gasteiger charge is -2.32. The maximum atomic E-state index is 13.1. The van der Waals surface area contributed by atoms with Crippen molar-refractivity contribution in [1.29, 1.82) is 0 Å². The molecule has 3 aromatic carbocycles. The van der Waals surface area contributed by atoms with Gasteiger partial charge in [-0.15, -0.1) is 0 Å². The summed E-state index contributed by atoms with van der Waals surface area (Å²) in [4.78, 5) is 15.4. The van der Waals surface area contributed by atoms with Crippen molar-refractivity contribution in [3.05, 3.63) is 77.3 Å². The number of rotatable bonds is 6. The van der Waals surface area contributed by atoms with Gasteiger partial charge in [-0.3, -0.25) is 9.69 Å². The van der Waals surface area contributed by atoms with Gasteiger partial charge >= 0.3 is 0 Å². The Hall–Kier alpha value is -3.02. The minimum Gasteiger partial charge on any atom is -0.506 e. The number of phenolic OH excluding ortho intramolecular Hbond substituents is 1. The number of carbonyl (C=O) groups is 1. The van der Waals surface area contributed by atoms with E-state index < -0.39 is 0 Å². The number of aromatic hydroxyl groups is 1. The van der Waals surface area contributed by atoms with Crippen LogP contribution in [0.1, 0.15) is 18.4 Å². The van der Waals surface area contributed by atoms with E-state index in [-0.39, 0.29) is 17.6 Å². The Morgan fingerprint density at radius 2 is 1.94 bits per heavy atom. The summed E-state index contributed by atoms with van der Waals surface area (Å²) in [6.07, 6.45) is 1.83. The van der Waals surface area contributed by atoms with Crippen molar-refractivity contribution in [3.8, 4) is 22.6 Å². The topological polar surface area (TPSA) is 61.8 Å². The molecule has 5 nitrogen and oxygen atoms in total. The zero-order chi connectivity index (χ0) is 22.5. The molecule has 4 rings (SSSR count). The Bertz CT molecular complexity index is 1080. The molecule has 1 heterocycles. The average molecular weight is 451 g/mol. The smallest absolute Gasteiger partial charge is 0.228 e. The van der Waals surface area contributed by atoms with E-state index in [0.717, 1.165) is 47.5 Å². The Labute approximate surface area is 193 Å². The van der Waals surface area contributed by atoms with E-state index in [1.165, 1.54) is 0 Å². The molecule has 32 heavy (non-hydrogen) atoms. The first-order chi connectivity index (χ1) is 15.5. The average Bonchev–Trinajstić information content (AvgIpc) is 2.82. The third kappa shape index (κ3) is 5.23. The van der Waals surface area contributed by atoms with E-state index >= 15 is 0 Å². The molecule has 0 radical (unpaired) electrons. The van der Waals surface area contributed by atoms with Crippen LogP contribution in [0.25, 0.3) is 11.1 Å². The number of nitrogens with one attached hydrogen (secondary N) is 1. The number of benzene rings is 3. The fraction of sp³-hybridized carbons (Fsp3) is 0.269. The number of carbonyl (C=O) groups excluding carboxylic acids is 1. The van der Waals surface area contributed by atoms with Gasteiger partial charge < -0.3 is 15.2 Å². The van der Waals surface area contributed by atoms with Crippen molar-refractivity contribution < 1.29 is 14.6 Å². The Kier molecular flexibility index (Phi) is 6.98. The molecule has 1 aliphatic heterocycles. The number of hydrogen-bond acceptors (Lipinski definition) is 4. The monoisotopic (exact) mass is 450 g/mol. The van der Waals surface area contributed by atoms with Gasteiger partial charge in [0.05, 0.1) is 18.1 Å². The van der Waals surface area contributed by atoms with Crippen LogP contribution in [-0.2, 0) is 11.3 Å². The molecular formula is C26H27ClN2O3. The maximum Gasteiger partial charge on any atom is 0.228 e. The molecule has 1 aliphatic rings. The fourth-order valence-electron chi connectivity index (χ4n) is 4.17. The van der Waals surface area contributed by atoms with Crippen molar-refractivity contribution in [1.82, 2.24) is 4.90 Å².